The highest BCUT2D eigenvalue weighted by Gasteiger charge is 2.51. The van der Waals surface area contributed by atoms with Gasteiger partial charge in [-0.05, 0) is 13.0 Å². The fourth-order valence-corrected chi connectivity index (χ4v) is 1.33. The zero-order chi connectivity index (χ0) is 11.5. The smallest absolute Gasteiger partial charge is 0.353 e. The summed E-state index contributed by atoms with van der Waals surface area (Å²) in [4.78, 5) is 21.6. The molecular formula is C9H13O5P. The van der Waals surface area contributed by atoms with Crippen LogP contribution in [0.15, 0.2) is 36.5 Å². The topological polar surface area (TPSA) is 90.3 Å². The van der Waals surface area contributed by atoms with Gasteiger partial charge in [0.2, 0.25) is 0 Å². The fourth-order valence-electron chi connectivity index (χ4n) is 1.33. The van der Waals surface area contributed by atoms with Crippen molar-refractivity contribution in [3.8, 4) is 0 Å². The lowest BCUT2D eigenvalue weighted by Crippen LogP contribution is -2.07. The quantitative estimate of drug-likeness (QED) is 0.355. The lowest BCUT2D eigenvalue weighted by atomic mass is 10.0. The molecule has 0 aromatic carbocycles. The van der Waals surface area contributed by atoms with E-state index >= 15 is 0 Å². The van der Waals surface area contributed by atoms with Crippen LogP contribution in [0.4, 0.5) is 0 Å². The maximum absolute atomic E-state index is 8.88. The summed E-state index contributed by atoms with van der Waals surface area (Å²) in [5.41, 5.74) is -0.0521. The Morgan fingerprint density at radius 2 is 2.00 bits per heavy atom. The van der Waals surface area contributed by atoms with Gasteiger partial charge in [0.25, 0.3) is 0 Å². The van der Waals surface area contributed by atoms with Crippen LogP contribution in [-0.4, -0.2) is 26.4 Å². The van der Waals surface area contributed by atoms with E-state index in [1.54, 1.807) is 0 Å². The summed E-state index contributed by atoms with van der Waals surface area (Å²) in [7, 11) is -4.64. The van der Waals surface area contributed by atoms with Crippen molar-refractivity contribution < 1.29 is 24.0 Å². The summed E-state index contributed by atoms with van der Waals surface area (Å²) in [6.45, 7) is 2.01. The van der Waals surface area contributed by atoms with E-state index in [2.05, 4.69) is 18.2 Å². The van der Waals surface area contributed by atoms with Crippen molar-refractivity contribution in [3.63, 3.8) is 0 Å². The van der Waals surface area contributed by atoms with E-state index in [9.17, 15) is 0 Å². The molecule has 2 aliphatic rings. The van der Waals surface area contributed by atoms with Gasteiger partial charge in [0.15, 0.2) is 0 Å². The Morgan fingerprint density at radius 1 is 1.40 bits per heavy atom. The van der Waals surface area contributed by atoms with Crippen LogP contribution in [0, 0.1) is 0 Å². The minimum Gasteiger partial charge on any atom is -0.353 e. The third-order valence-corrected chi connectivity index (χ3v) is 1.90. The van der Waals surface area contributed by atoms with Crippen molar-refractivity contribution in [2.45, 2.75) is 18.6 Å². The van der Waals surface area contributed by atoms with Crippen LogP contribution in [0.5, 0.6) is 0 Å². The van der Waals surface area contributed by atoms with Crippen molar-refractivity contribution in [2.75, 3.05) is 0 Å². The van der Waals surface area contributed by atoms with Gasteiger partial charge in [-0.2, -0.15) is 0 Å². The minimum absolute atomic E-state index is 0.0521. The zero-order valence-electron chi connectivity index (χ0n) is 8.15. The third-order valence-electron chi connectivity index (χ3n) is 1.90. The summed E-state index contributed by atoms with van der Waals surface area (Å²) >= 11 is 0. The molecule has 5 nitrogen and oxygen atoms in total. The van der Waals surface area contributed by atoms with Crippen LogP contribution in [0.1, 0.15) is 6.92 Å². The van der Waals surface area contributed by atoms with E-state index in [0.717, 1.165) is 0 Å². The van der Waals surface area contributed by atoms with Gasteiger partial charge in [-0.1, -0.05) is 30.4 Å². The molecule has 0 saturated carbocycles. The molecule has 15 heavy (non-hydrogen) atoms. The molecule has 1 heterocycles. The van der Waals surface area contributed by atoms with Crippen molar-refractivity contribution in [3.05, 3.63) is 36.5 Å². The molecule has 1 aliphatic carbocycles. The molecule has 2 rings (SSSR count). The van der Waals surface area contributed by atoms with Crippen LogP contribution in [0.25, 0.3) is 0 Å². The molecule has 3 N–H and O–H groups in total. The summed E-state index contributed by atoms with van der Waals surface area (Å²) in [6.07, 6.45) is 12.7. The maximum atomic E-state index is 8.88. The number of epoxide rings is 1. The molecule has 0 bridgehead atoms. The highest BCUT2D eigenvalue weighted by atomic mass is 31.2. The van der Waals surface area contributed by atoms with Crippen LogP contribution < -0.4 is 0 Å². The lowest BCUT2D eigenvalue weighted by molar-refractivity contribution is 0.275. The highest BCUT2D eigenvalue weighted by Crippen LogP contribution is 2.42. The van der Waals surface area contributed by atoms with Gasteiger partial charge in [0.1, 0.15) is 11.7 Å². The largest absolute Gasteiger partial charge is 0.466 e. The van der Waals surface area contributed by atoms with Gasteiger partial charge < -0.3 is 19.4 Å². The highest BCUT2D eigenvalue weighted by molar-refractivity contribution is 7.45. The Labute approximate surface area is 87.6 Å². The normalized spacial score (nSPS) is 32.1. The van der Waals surface area contributed by atoms with Crippen molar-refractivity contribution in [1.29, 1.82) is 0 Å². The zero-order valence-corrected chi connectivity index (χ0v) is 9.04. The molecule has 84 valence electrons. The predicted molar refractivity (Wildman–Crippen MR) is 55.0 cm³/mol. The number of fused-ring (bicyclic) bond motifs is 1. The number of phosphoric acid groups is 1. The summed E-state index contributed by atoms with van der Waals surface area (Å²) in [5, 5.41) is 0. The lowest BCUT2D eigenvalue weighted by Gasteiger charge is -1.99. The molecule has 0 radical (unpaired) electrons. The summed E-state index contributed by atoms with van der Waals surface area (Å²) < 4.78 is 14.3. The van der Waals surface area contributed by atoms with E-state index < -0.39 is 7.82 Å². The second-order valence-electron chi connectivity index (χ2n) is 3.15. The molecule has 0 amide bonds. The van der Waals surface area contributed by atoms with Crippen molar-refractivity contribution in [2.24, 2.45) is 0 Å². The first-order valence-electron chi connectivity index (χ1n) is 4.33. The van der Waals surface area contributed by atoms with Gasteiger partial charge in [-0.3, -0.25) is 0 Å². The first-order valence-corrected chi connectivity index (χ1v) is 5.90. The number of hydrogen-bond acceptors (Lipinski definition) is 2. The number of allylic oxidation sites excluding steroid dienone is 3. The molecule has 1 aliphatic heterocycles. The number of hydrogen-bond donors (Lipinski definition) is 3. The Hall–Kier alpha value is -0.710. The molecule has 2 unspecified atom stereocenters. The van der Waals surface area contributed by atoms with Gasteiger partial charge in [-0.15, -0.1) is 0 Å². The van der Waals surface area contributed by atoms with Gasteiger partial charge in [0, 0.05) is 0 Å². The van der Waals surface area contributed by atoms with Gasteiger partial charge >= 0.3 is 7.82 Å². The Kier molecular flexibility index (Phi) is 3.65. The number of ether oxygens (including phenoxy) is 1. The van der Waals surface area contributed by atoms with Gasteiger partial charge in [0.05, 0.1) is 0 Å². The van der Waals surface area contributed by atoms with E-state index in [-0.39, 0.29) is 5.60 Å². The van der Waals surface area contributed by atoms with Crippen molar-refractivity contribution in [1.82, 2.24) is 0 Å². The second kappa shape index (κ2) is 4.43. The molecule has 1 saturated heterocycles. The third kappa shape index (κ3) is 4.11. The van der Waals surface area contributed by atoms with E-state index in [1.807, 2.05) is 25.2 Å². The average Bonchev–Trinajstić information content (AvgIpc) is 2.75. The number of rotatable bonds is 1. The maximum Gasteiger partial charge on any atom is 0.466 e. The molecule has 0 aromatic rings. The molecular weight excluding hydrogens is 219 g/mol. The predicted octanol–water partition coefficient (Wildman–Crippen LogP) is 0.897. The Morgan fingerprint density at radius 3 is 2.47 bits per heavy atom. The van der Waals surface area contributed by atoms with Crippen LogP contribution in [0.3, 0.4) is 0 Å². The first-order chi connectivity index (χ1) is 6.87. The summed E-state index contributed by atoms with van der Waals surface area (Å²) in [6, 6.07) is 0. The molecule has 0 aromatic heterocycles. The molecule has 1 fully saturated rings. The molecule has 2 atom stereocenters. The van der Waals surface area contributed by atoms with Crippen LogP contribution >= 0.6 is 7.82 Å². The first kappa shape index (κ1) is 12.4. The Balaban J connectivity index is 0.000000195. The van der Waals surface area contributed by atoms with E-state index in [0.29, 0.717) is 6.10 Å². The van der Waals surface area contributed by atoms with E-state index in [4.69, 9.17) is 24.0 Å². The Bertz CT molecular complexity index is 345. The van der Waals surface area contributed by atoms with Crippen LogP contribution in [-0.2, 0) is 9.30 Å². The van der Waals surface area contributed by atoms with E-state index in [1.165, 1.54) is 0 Å². The fraction of sp³-hybridized carbons (Fsp3) is 0.333. The minimum atomic E-state index is -4.64. The summed E-state index contributed by atoms with van der Waals surface area (Å²) in [5.74, 6) is 0. The van der Waals surface area contributed by atoms with Gasteiger partial charge in [-0.25, -0.2) is 4.57 Å². The average molecular weight is 232 g/mol. The standard InChI is InChI=1S/C9H10O.H3O4P/c1-2-6-9-7-4-3-5-8(9)10-9;1-5(2,3)4/h2-8H,1H3;(H3,1,2,3,4). The van der Waals surface area contributed by atoms with Crippen LogP contribution in [0.2, 0.25) is 0 Å². The monoisotopic (exact) mass is 232 g/mol. The SMILES string of the molecule is CC=CC12C=CC=CC1O2.O=P(O)(O)O. The van der Waals surface area contributed by atoms with Crippen molar-refractivity contribution >= 4 is 7.82 Å². The molecule has 0 spiro atoms. The molecule has 6 heteroatoms. The second-order valence-corrected chi connectivity index (χ2v) is 4.18.